The van der Waals surface area contributed by atoms with E-state index >= 15 is 0 Å². The second-order valence-electron chi connectivity index (χ2n) is 6.48. The Bertz CT molecular complexity index is 761. The Morgan fingerprint density at radius 1 is 1.24 bits per heavy atom. The van der Waals surface area contributed by atoms with Gasteiger partial charge in [-0.2, -0.15) is 5.10 Å². The first-order valence-corrected chi connectivity index (χ1v) is 8.70. The Kier molecular flexibility index (Phi) is 5.16. The average molecular weight is 341 g/mol. The summed E-state index contributed by atoms with van der Waals surface area (Å²) in [4.78, 5) is 25.4. The molecule has 0 aliphatic carbocycles. The third-order valence-corrected chi connectivity index (χ3v) is 4.79. The summed E-state index contributed by atoms with van der Waals surface area (Å²) in [5.74, 6) is -0.813. The van der Waals surface area contributed by atoms with Crippen LogP contribution in [0.4, 0.5) is 0 Å². The first-order chi connectivity index (χ1) is 12.1. The van der Waals surface area contributed by atoms with Crippen LogP contribution in [0.1, 0.15) is 47.3 Å². The summed E-state index contributed by atoms with van der Waals surface area (Å²) in [6.07, 6.45) is 5.93. The summed E-state index contributed by atoms with van der Waals surface area (Å²) in [7, 11) is 0. The SMILES string of the molecule is CCc1cccc(CC(=O)N2CCC(n3cc(C(=O)O)cn3)CC2)c1. The largest absolute Gasteiger partial charge is 0.478 e. The molecule has 1 aliphatic rings. The van der Waals surface area contributed by atoms with Crippen LogP contribution in [0.5, 0.6) is 0 Å². The van der Waals surface area contributed by atoms with Gasteiger partial charge in [-0.3, -0.25) is 9.48 Å². The molecule has 3 rings (SSSR count). The monoisotopic (exact) mass is 341 g/mol. The van der Waals surface area contributed by atoms with Crippen molar-refractivity contribution < 1.29 is 14.7 Å². The molecule has 0 spiro atoms. The molecule has 1 aromatic heterocycles. The minimum atomic E-state index is -0.965. The quantitative estimate of drug-likeness (QED) is 0.907. The molecule has 1 fully saturated rings. The smallest absolute Gasteiger partial charge is 0.338 e. The van der Waals surface area contributed by atoms with Crippen LogP contribution < -0.4 is 0 Å². The number of rotatable bonds is 5. The Balaban J connectivity index is 1.55. The van der Waals surface area contributed by atoms with Gasteiger partial charge in [0.2, 0.25) is 5.91 Å². The van der Waals surface area contributed by atoms with Gasteiger partial charge in [-0.05, 0) is 30.4 Å². The standard InChI is InChI=1S/C19H23N3O3/c1-2-14-4-3-5-15(10-14)11-18(23)21-8-6-17(7-9-21)22-13-16(12-20-22)19(24)25/h3-5,10,12-13,17H,2,6-9,11H2,1H3,(H,24,25). The van der Waals surface area contributed by atoms with E-state index in [1.807, 2.05) is 17.0 Å². The number of likely N-dealkylation sites (tertiary alicyclic amines) is 1. The number of carbonyl (C=O) groups excluding carboxylic acids is 1. The molecule has 132 valence electrons. The van der Waals surface area contributed by atoms with E-state index in [0.717, 1.165) is 24.8 Å². The molecule has 1 amide bonds. The molecule has 2 aromatic rings. The Morgan fingerprint density at radius 2 is 1.96 bits per heavy atom. The fraction of sp³-hybridized carbons (Fsp3) is 0.421. The van der Waals surface area contributed by atoms with Gasteiger partial charge in [-0.1, -0.05) is 31.2 Å². The molecule has 1 aromatic carbocycles. The molecular weight excluding hydrogens is 318 g/mol. The number of benzene rings is 1. The Morgan fingerprint density at radius 3 is 2.60 bits per heavy atom. The van der Waals surface area contributed by atoms with Crippen LogP contribution in [-0.2, 0) is 17.6 Å². The normalized spacial score (nSPS) is 15.3. The van der Waals surface area contributed by atoms with Crippen molar-refractivity contribution in [1.29, 1.82) is 0 Å². The van der Waals surface area contributed by atoms with E-state index < -0.39 is 5.97 Å². The van der Waals surface area contributed by atoms with E-state index in [1.54, 1.807) is 10.9 Å². The number of carboxylic acid groups (broad SMARTS) is 1. The maximum Gasteiger partial charge on any atom is 0.338 e. The number of hydrogen-bond donors (Lipinski definition) is 1. The van der Waals surface area contributed by atoms with Crippen molar-refractivity contribution >= 4 is 11.9 Å². The zero-order chi connectivity index (χ0) is 17.8. The van der Waals surface area contributed by atoms with Crippen molar-refractivity contribution in [3.63, 3.8) is 0 Å². The lowest BCUT2D eigenvalue weighted by Crippen LogP contribution is -2.40. The molecule has 0 radical (unpaired) electrons. The predicted molar refractivity (Wildman–Crippen MR) is 93.6 cm³/mol. The van der Waals surface area contributed by atoms with Gasteiger partial charge in [-0.25, -0.2) is 4.79 Å². The van der Waals surface area contributed by atoms with Crippen molar-refractivity contribution in [2.24, 2.45) is 0 Å². The van der Waals surface area contributed by atoms with E-state index in [2.05, 4.69) is 24.2 Å². The highest BCUT2D eigenvalue weighted by atomic mass is 16.4. The first kappa shape index (κ1) is 17.2. The van der Waals surface area contributed by atoms with Gasteiger partial charge in [-0.15, -0.1) is 0 Å². The molecule has 0 bridgehead atoms. The summed E-state index contributed by atoms with van der Waals surface area (Å²) in [6, 6.07) is 8.34. The highest BCUT2D eigenvalue weighted by molar-refractivity contribution is 5.86. The van der Waals surface area contributed by atoms with Gasteiger partial charge >= 0.3 is 5.97 Å². The maximum atomic E-state index is 12.5. The maximum absolute atomic E-state index is 12.5. The lowest BCUT2D eigenvalue weighted by Gasteiger charge is -2.32. The topological polar surface area (TPSA) is 75.4 Å². The molecule has 0 atom stereocenters. The third-order valence-electron chi connectivity index (χ3n) is 4.79. The first-order valence-electron chi connectivity index (χ1n) is 8.70. The number of aryl methyl sites for hydroxylation is 1. The molecule has 6 nitrogen and oxygen atoms in total. The van der Waals surface area contributed by atoms with E-state index in [9.17, 15) is 9.59 Å². The molecule has 2 heterocycles. The van der Waals surface area contributed by atoms with Gasteiger partial charge in [0.1, 0.15) is 0 Å². The third kappa shape index (κ3) is 4.07. The Labute approximate surface area is 147 Å². The minimum absolute atomic E-state index is 0.151. The average Bonchev–Trinajstić information content (AvgIpc) is 3.12. The van der Waals surface area contributed by atoms with E-state index in [0.29, 0.717) is 19.5 Å². The fourth-order valence-electron chi connectivity index (χ4n) is 3.27. The van der Waals surface area contributed by atoms with Crippen molar-refractivity contribution in [2.75, 3.05) is 13.1 Å². The van der Waals surface area contributed by atoms with Crippen LogP contribution in [0.25, 0.3) is 0 Å². The molecule has 6 heteroatoms. The number of piperidine rings is 1. The van der Waals surface area contributed by atoms with Crippen LogP contribution in [0.15, 0.2) is 36.7 Å². The van der Waals surface area contributed by atoms with Crippen molar-refractivity contribution in [3.05, 3.63) is 53.3 Å². The van der Waals surface area contributed by atoms with E-state index in [4.69, 9.17) is 5.11 Å². The lowest BCUT2D eigenvalue weighted by atomic mass is 10.0. The molecule has 25 heavy (non-hydrogen) atoms. The van der Waals surface area contributed by atoms with Crippen LogP contribution in [0.3, 0.4) is 0 Å². The van der Waals surface area contributed by atoms with Gasteiger partial charge in [0.05, 0.1) is 24.2 Å². The second-order valence-corrected chi connectivity index (χ2v) is 6.48. The summed E-state index contributed by atoms with van der Waals surface area (Å²) in [5, 5.41) is 13.1. The van der Waals surface area contributed by atoms with Crippen LogP contribution in [-0.4, -0.2) is 44.8 Å². The molecule has 0 saturated carbocycles. The van der Waals surface area contributed by atoms with Gasteiger partial charge in [0, 0.05) is 19.3 Å². The number of nitrogens with zero attached hydrogens (tertiary/aromatic N) is 3. The number of carbonyl (C=O) groups is 2. The molecular formula is C19H23N3O3. The Hall–Kier alpha value is -2.63. The van der Waals surface area contributed by atoms with Gasteiger partial charge in [0.15, 0.2) is 0 Å². The van der Waals surface area contributed by atoms with Crippen molar-refractivity contribution in [2.45, 2.75) is 38.6 Å². The van der Waals surface area contributed by atoms with Crippen LogP contribution in [0.2, 0.25) is 0 Å². The molecule has 0 unspecified atom stereocenters. The van der Waals surface area contributed by atoms with Crippen LogP contribution in [0, 0.1) is 0 Å². The number of carboxylic acids is 1. The van der Waals surface area contributed by atoms with Gasteiger partial charge < -0.3 is 10.0 Å². The summed E-state index contributed by atoms with van der Waals surface area (Å²) < 4.78 is 1.72. The number of aromatic nitrogens is 2. The van der Waals surface area contributed by atoms with E-state index in [1.165, 1.54) is 11.8 Å². The summed E-state index contributed by atoms with van der Waals surface area (Å²) >= 11 is 0. The molecule has 1 saturated heterocycles. The van der Waals surface area contributed by atoms with Crippen LogP contribution >= 0.6 is 0 Å². The van der Waals surface area contributed by atoms with Gasteiger partial charge in [0.25, 0.3) is 0 Å². The molecule has 1 aliphatic heterocycles. The zero-order valence-corrected chi connectivity index (χ0v) is 14.4. The number of hydrogen-bond acceptors (Lipinski definition) is 3. The highest BCUT2D eigenvalue weighted by Crippen LogP contribution is 2.23. The van der Waals surface area contributed by atoms with E-state index in [-0.39, 0.29) is 17.5 Å². The number of amides is 1. The highest BCUT2D eigenvalue weighted by Gasteiger charge is 2.24. The predicted octanol–water partition coefficient (Wildman–Crippen LogP) is 2.55. The molecule has 1 N–H and O–H groups in total. The minimum Gasteiger partial charge on any atom is -0.478 e. The summed E-state index contributed by atoms with van der Waals surface area (Å²) in [5.41, 5.74) is 2.51. The van der Waals surface area contributed by atoms with Crippen molar-refractivity contribution in [3.8, 4) is 0 Å². The zero-order valence-electron chi connectivity index (χ0n) is 14.4. The lowest BCUT2D eigenvalue weighted by molar-refractivity contribution is -0.131. The summed E-state index contributed by atoms with van der Waals surface area (Å²) in [6.45, 7) is 3.47. The second kappa shape index (κ2) is 7.51. The van der Waals surface area contributed by atoms with Crippen molar-refractivity contribution in [1.82, 2.24) is 14.7 Å². The number of aromatic carboxylic acids is 1. The fourth-order valence-corrected chi connectivity index (χ4v) is 3.27.